The van der Waals surface area contributed by atoms with Crippen LogP contribution in [0.4, 0.5) is 0 Å². The van der Waals surface area contributed by atoms with Crippen LogP contribution in [0.3, 0.4) is 0 Å². The molecule has 0 atom stereocenters. The van der Waals surface area contributed by atoms with Crippen LogP contribution in [0.2, 0.25) is 0 Å². The first-order chi connectivity index (χ1) is 7.70. The van der Waals surface area contributed by atoms with Crippen molar-refractivity contribution in [3.05, 3.63) is 29.3 Å². The van der Waals surface area contributed by atoms with Gasteiger partial charge in [0.2, 0.25) is 5.16 Å². The number of hydrogen-bond donors (Lipinski definition) is 1. The molecule has 0 radical (unpaired) electrons. The van der Waals surface area contributed by atoms with Crippen LogP contribution in [0.5, 0.6) is 0 Å². The summed E-state index contributed by atoms with van der Waals surface area (Å²) in [6.45, 7) is 2.58. The molecule has 0 saturated carbocycles. The Morgan fingerprint density at radius 1 is 1.44 bits per heavy atom. The van der Waals surface area contributed by atoms with Crippen molar-refractivity contribution in [3.63, 3.8) is 0 Å². The summed E-state index contributed by atoms with van der Waals surface area (Å²) in [5, 5.41) is 12.1. The molecule has 1 heterocycles. The Hall–Kier alpha value is -1.40. The SMILES string of the molecule is Cc1ccc(Sc2nnnn2C)c(CN)c1. The Bertz CT molecular complexity index is 494. The number of aryl methyl sites for hydroxylation is 2. The van der Waals surface area contributed by atoms with Gasteiger partial charge in [-0.15, -0.1) is 5.10 Å². The van der Waals surface area contributed by atoms with Crippen molar-refractivity contribution in [1.29, 1.82) is 0 Å². The Balaban J connectivity index is 2.31. The van der Waals surface area contributed by atoms with Crippen molar-refractivity contribution >= 4 is 11.8 Å². The molecule has 0 aliphatic carbocycles. The molecule has 6 heteroatoms. The van der Waals surface area contributed by atoms with Crippen molar-refractivity contribution in [3.8, 4) is 0 Å². The minimum atomic E-state index is 0.523. The van der Waals surface area contributed by atoms with Crippen LogP contribution in [-0.4, -0.2) is 20.2 Å². The van der Waals surface area contributed by atoms with Gasteiger partial charge in [0.1, 0.15) is 0 Å². The van der Waals surface area contributed by atoms with Gasteiger partial charge in [0.25, 0.3) is 0 Å². The van der Waals surface area contributed by atoms with E-state index in [4.69, 9.17) is 5.73 Å². The summed E-state index contributed by atoms with van der Waals surface area (Å²) in [5.41, 5.74) is 8.04. The van der Waals surface area contributed by atoms with E-state index in [0.29, 0.717) is 6.54 Å². The fraction of sp³-hybridized carbons (Fsp3) is 0.300. The minimum absolute atomic E-state index is 0.523. The van der Waals surface area contributed by atoms with Gasteiger partial charge in [-0.3, -0.25) is 0 Å². The lowest BCUT2D eigenvalue weighted by Crippen LogP contribution is -2.00. The highest BCUT2D eigenvalue weighted by Gasteiger charge is 2.08. The largest absolute Gasteiger partial charge is 0.326 e. The number of hydrogen-bond acceptors (Lipinski definition) is 5. The number of nitrogens with two attached hydrogens (primary N) is 1. The molecule has 2 aromatic rings. The Morgan fingerprint density at radius 2 is 2.25 bits per heavy atom. The topological polar surface area (TPSA) is 69.6 Å². The molecular weight excluding hydrogens is 222 g/mol. The van der Waals surface area contributed by atoms with Crippen molar-refractivity contribution in [2.75, 3.05) is 0 Å². The predicted molar refractivity (Wildman–Crippen MR) is 62.0 cm³/mol. The van der Waals surface area contributed by atoms with Gasteiger partial charge in [0.05, 0.1) is 0 Å². The zero-order valence-corrected chi connectivity index (χ0v) is 10.0. The first-order valence-electron chi connectivity index (χ1n) is 4.90. The first-order valence-corrected chi connectivity index (χ1v) is 5.72. The second kappa shape index (κ2) is 4.63. The van der Waals surface area contributed by atoms with E-state index in [1.54, 1.807) is 4.68 Å². The van der Waals surface area contributed by atoms with Crippen molar-refractivity contribution in [1.82, 2.24) is 20.2 Å². The second-order valence-electron chi connectivity index (χ2n) is 3.50. The Labute approximate surface area is 98.0 Å². The second-order valence-corrected chi connectivity index (χ2v) is 4.51. The van der Waals surface area contributed by atoms with Crippen LogP contribution >= 0.6 is 11.8 Å². The van der Waals surface area contributed by atoms with E-state index in [0.717, 1.165) is 15.6 Å². The average Bonchev–Trinajstić information content (AvgIpc) is 2.67. The van der Waals surface area contributed by atoms with E-state index >= 15 is 0 Å². The van der Waals surface area contributed by atoms with Crippen LogP contribution in [0.1, 0.15) is 11.1 Å². The lowest BCUT2D eigenvalue weighted by molar-refractivity contribution is 0.664. The van der Waals surface area contributed by atoms with E-state index in [1.807, 2.05) is 7.05 Å². The monoisotopic (exact) mass is 235 g/mol. The summed E-state index contributed by atoms with van der Waals surface area (Å²) < 4.78 is 1.64. The number of rotatable bonds is 3. The normalized spacial score (nSPS) is 10.7. The zero-order valence-electron chi connectivity index (χ0n) is 9.21. The fourth-order valence-corrected chi connectivity index (χ4v) is 2.23. The summed E-state index contributed by atoms with van der Waals surface area (Å²) in [6, 6.07) is 6.20. The van der Waals surface area contributed by atoms with E-state index in [-0.39, 0.29) is 0 Å². The van der Waals surface area contributed by atoms with Gasteiger partial charge >= 0.3 is 0 Å². The Morgan fingerprint density at radius 3 is 2.88 bits per heavy atom. The van der Waals surface area contributed by atoms with Gasteiger partial charge in [-0.2, -0.15) is 0 Å². The van der Waals surface area contributed by atoms with E-state index in [9.17, 15) is 0 Å². The predicted octanol–water partition coefficient (Wildman–Crippen LogP) is 1.13. The molecule has 16 heavy (non-hydrogen) atoms. The van der Waals surface area contributed by atoms with Crippen LogP contribution in [0.15, 0.2) is 28.3 Å². The highest BCUT2D eigenvalue weighted by molar-refractivity contribution is 7.99. The smallest absolute Gasteiger partial charge is 0.213 e. The van der Waals surface area contributed by atoms with Crippen LogP contribution < -0.4 is 5.73 Å². The quantitative estimate of drug-likeness (QED) is 0.863. The van der Waals surface area contributed by atoms with Gasteiger partial charge in [-0.05, 0) is 40.7 Å². The molecule has 5 nitrogen and oxygen atoms in total. The maximum Gasteiger partial charge on any atom is 0.213 e. The zero-order chi connectivity index (χ0) is 11.5. The number of nitrogens with zero attached hydrogens (tertiary/aromatic N) is 4. The first kappa shape index (κ1) is 11.1. The van der Waals surface area contributed by atoms with Crippen LogP contribution in [0, 0.1) is 6.92 Å². The van der Waals surface area contributed by atoms with Gasteiger partial charge in [0.15, 0.2) is 0 Å². The van der Waals surface area contributed by atoms with E-state index in [2.05, 4.69) is 40.6 Å². The van der Waals surface area contributed by atoms with Crippen molar-refractivity contribution in [2.24, 2.45) is 12.8 Å². The molecule has 0 amide bonds. The summed E-state index contributed by atoms with van der Waals surface area (Å²) in [4.78, 5) is 1.10. The van der Waals surface area contributed by atoms with Crippen molar-refractivity contribution < 1.29 is 0 Å². The van der Waals surface area contributed by atoms with Crippen molar-refractivity contribution in [2.45, 2.75) is 23.5 Å². The Kier molecular flexibility index (Phi) is 3.21. The summed E-state index contributed by atoms with van der Waals surface area (Å²) in [7, 11) is 1.82. The molecule has 0 spiro atoms. The van der Waals surface area contributed by atoms with E-state index in [1.165, 1.54) is 17.3 Å². The van der Waals surface area contributed by atoms with Gasteiger partial charge in [-0.1, -0.05) is 17.7 Å². The molecule has 1 aromatic heterocycles. The molecule has 0 saturated heterocycles. The summed E-state index contributed by atoms with van der Waals surface area (Å²) in [6.07, 6.45) is 0. The fourth-order valence-electron chi connectivity index (χ4n) is 1.37. The lowest BCUT2D eigenvalue weighted by Gasteiger charge is -2.06. The third-order valence-corrected chi connectivity index (χ3v) is 3.37. The molecule has 0 aliphatic heterocycles. The van der Waals surface area contributed by atoms with E-state index < -0.39 is 0 Å². The summed E-state index contributed by atoms with van der Waals surface area (Å²) in [5.74, 6) is 0. The molecule has 2 rings (SSSR count). The number of benzene rings is 1. The standard InChI is InChI=1S/C10H13N5S/c1-7-3-4-9(8(5-7)6-11)16-10-12-13-14-15(10)2/h3-5H,6,11H2,1-2H3. The molecule has 0 bridgehead atoms. The summed E-state index contributed by atoms with van der Waals surface area (Å²) >= 11 is 1.53. The van der Waals surface area contributed by atoms with Gasteiger partial charge in [0, 0.05) is 18.5 Å². The van der Waals surface area contributed by atoms with Gasteiger partial charge in [-0.25, -0.2) is 4.68 Å². The van der Waals surface area contributed by atoms with Crippen LogP contribution in [0.25, 0.3) is 0 Å². The molecule has 2 N–H and O–H groups in total. The third kappa shape index (κ3) is 2.23. The lowest BCUT2D eigenvalue weighted by atomic mass is 10.1. The third-order valence-electron chi connectivity index (χ3n) is 2.22. The molecular formula is C10H13N5S. The molecule has 1 aromatic carbocycles. The molecule has 0 aliphatic rings. The maximum absolute atomic E-state index is 5.71. The van der Waals surface area contributed by atoms with Crippen LogP contribution in [-0.2, 0) is 13.6 Å². The highest BCUT2D eigenvalue weighted by Crippen LogP contribution is 2.28. The average molecular weight is 235 g/mol. The highest BCUT2D eigenvalue weighted by atomic mass is 32.2. The number of tetrazole rings is 1. The molecule has 84 valence electrons. The maximum atomic E-state index is 5.71. The number of aromatic nitrogens is 4. The van der Waals surface area contributed by atoms with Gasteiger partial charge < -0.3 is 5.73 Å². The molecule has 0 fully saturated rings. The minimum Gasteiger partial charge on any atom is -0.326 e. The molecule has 0 unspecified atom stereocenters.